The Morgan fingerprint density at radius 2 is 1.58 bits per heavy atom. The van der Waals surface area contributed by atoms with Gasteiger partial charge in [0.1, 0.15) is 10.6 Å². The van der Waals surface area contributed by atoms with Gasteiger partial charge in [0.25, 0.3) is 10.1 Å². The van der Waals surface area contributed by atoms with Crippen molar-refractivity contribution in [3.63, 3.8) is 0 Å². The molecule has 0 fully saturated rings. The van der Waals surface area contributed by atoms with Gasteiger partial charge in [0, 0.05) is 11.1 Å². The molecule has 0 radical (unpaired) electrons. The summed E-state index contributed by atoms with van der Waals surface area (Å²) in [7, 11) is -4.69. The van der Waals surface area contributed by atoms with E-state index >= 15 is 0 Å². The molecule has 0 saturated carbocycles. The largest absolute Gasteiger partial charge is 0.506 e. The van der Waals surface area contributed by atoms with Gasteiger partial charge < -0.3 is 5.11 Å². The Hall–Kier alpha value is -2.18. The smallest absolute Gasteiger partial charge is 0.298 e. The van der Waals surface area contributed by atoms with Gasteiger partial charge in [-0.3, -0.25) is 9.35 Å². The van der Waals surface area contributed by atoms with Crippen molar-refractivity contribution in [2.75, 3.05) is 0 Å². The summed E-state index contributed by atoms with van der Waals surface area (Å²) < 4.78 is 31.6. The summed E-state index contributed by atoms with van der Waals surface area (Å²) in [5.41, 5.74) is -0.00769. The first-order valence-electron chi connectivity index (χ1n) is 5.30. The first kappa shape index (κ1) is 13.3. The predicted octanol–water partition coefficient (Wildman–Crippen LogP) is 1.87. The predicted molar refractivity (Wildman–Crippen MR) is 67.8 cm³/mol. The Kier molecular flexibility index (Phi) is 3.37. The third-order valence-electron chi connectivity index (χ3n) is 2.53. The average Bonchev–Trinajstić information content (AvgIpc) is 2.37. The molecule has 5 nitrogen and oxygen atoms in total. The summed E-state index contributed by atoms with van der Waals surface area (Å²) in [5, 5.41) is 9.53. The van der Waals surface area contributed by atoms with Gasteiger partial charge in [-0.05, 0) is 12.1 Å². The van der Waals surface area contributed by atoms with E-state index in [1.807, 2.05) is 0 Å². The molecule has 2 rings (SSSR count). The van der Waals surface area contributed by atoms with Gasteiger partial charge in [0.2, 0.25) is 0 Å². The minimum Gasteiger partial charge on any atom is -0.506 e. The summed E-state index contributed by atoms with van der Waals surface area (Å²) in [6, 6.07) is 11.7. The van der Waals surface area contributed by atoms with E-state index in [0.717, 1.165) is 6.07 Å². The van der Waals surface area contributed by atoms with Crippen LogP contribution in [-0.4, -0.2) is 23.9 Å². The first-order valence-corrected chi connectivity index (χ1v) is 6.74. The van der Waals surface area contributed by atoms with Crippen molar-refractivity contribution < 1.29 is 22.9 Å². The zero-order valence-corrected chi connectivity index (χ0v) is 10.5. The van der Waals surface area contributed by atoms with Crippen LogP contribution in [-0.2, 0) is 10.1 Å². The summed E-state index contributed by atoms with van der Waals surface area (Å²) in [5.74, 6) is -1.26. The molecular weight excluding hydrogens is 268 g/mol. The third kappa shape index (κ3) is 2.64. The zero-order valence-electron chi connectivity index (χ0n) is 9.65. The standard InChI is InChI=1S/C13H10O5S/c14-11-8-4-7-10(13(11)19(16,17)18)12(15)9-5-2-1-3-6-9/h1-8,14H,(H,16,17,18). The van der Waals surface area contributed by atoms with Crippen LogP contribution in [0.1, 0.15) is 15.9 Å². The van der Waals surface area contributed by atoms with Crippen molar-refractivity contribution in [2.45, 2.75) is 4.90 Å². The number of carbonyl (C=O) groups is 1. The van der Waals surface area contributed by atoms with E-state index in [4.69, 9.17) is 4.55 Å². The number of hydrogen-bond donors (Lipinski definition) is 2. The van der Waals surface area contributed by atoms with Crippen LogP contribution in [0, 0.1) is 0 Å². The van der Waals surface area contributed by atoms with Crippen LogP contribution in [0.15, 0.2) is 53.4 Å². The van der Waals surface area contributed by atoms with E-state index in [1.54, 1.807) is 18.2 Å². The van der Waals surface area contributed by atoms with Crippen molar-refractivity contribution >= 4 is 15.9 Å². The van der Waals surface area contributed by atoms with Crippen LogP contribution in [0.4, 0.5) is 0 Å². The molecule has 0 bridgehead atoms. The molecule has 0 atom stereocenters. The fourth-order valence-electron chi connectivity index (χ4n) is 1.72. The molecular formula is C13H10O5S. The van der Waals surface area contributed by atoms with Crippen LogP contribution >= 0.6 is 0 Å². The Labute approximate surface area is 109 Å². The van der Waals surface area contributed by atoms with Gasteiger partial charge >= 0.3 is 0 Å². The molecule has 0 heterocycles. The maximum atomic E-state index is 12.2. The molecule has 2 N–H and O–H groups in total. The second kappa shape index (κ2) is 4.83. The summed E-state index contributed by atoms with van der Waals surface area (Å²) in [6.07, 6.45) is 0. The SMILES string of the molecule is O=C(c1ccccc1)c1cccc(O)c1S(=O)(=O)O. The lowest BCUT2D eigenvalue weighted by Gasteiger charge is -2.08. The van der Waals surface area contributed by atoms with Crippen molar-refractivity contribution in [2.24, 2.45) is 0 Å². The summed E-state index contributed by atoms with van der Waals surface area (Å²) >= 11 is 0. The van der Waals surface area contributed by atoms with Gasteiger partial charge in [0.05, 0.1) is 0 Å². The molecule has 0 saturated heterocycles. The number of aromatic hydroxyl groups is 1. The van der Waals surface area contributed by atoms with Crippen LogP contribution < -0.4 is 0 Å². The van der Waals surface area contributed by atoms with E-state index in [2.05, 4.69) is 0 Å². The zero-order chi connectivity index (χ0) is 14.0. The monoisotopic (exact) mass is 278 g/mol. The maximum Gasteiger partial charge on any atom is 0.298 e. The van der Waals surface area contributed by atoms with Crippen molar-refractivity contribution in [1.29, 1.82) is 0 Å². The Morgan fingerprint density at radius 1 is 0.947 bits per heavy atom. The van der Waals surface area contributed by atoms with Gasteiger partial charge in [-0.1, -0.05) is 36.4 Å². The highest BCUT2D eigenvalue weighted by Crippen LogP contribution is 2.27. The second-order valence-corrected chi connectivity index (χ2v) is 5.18. The average molecular weight is 278 g/mol. The molecule has 0 spiro atoms. The molecule has 0 aliphatic carbocycles. The second-order valence-electron chi connectivity index (χ2n) is 3.82. The fourth-order valence-corrected chi connectivity index (χ4v) is 2.49. The molecule has 0 aliphatic heterocycles. The van der Waals surface area contributed by atoms with Crippen molar-refractivity contribution in [3.8, 4) is 5.75 Å². The van der Waals surface area contributed by atoms with Gasteiger partial charge in [-0.2, -0.15) is 8.42 Å². The van der Waals surface area contributed by atoms with Crippen LogP contribution in [0.2, 0.25) is 0 Å². The van der Waals surface area contributed by atoms with E-state index in [-0.39, 0.29) is 11.1 Å². The topological polar surface area (TPSA) is 91.7 Å². The van der Waals surface area contributed by atoms with E-state index in [1.165, 1.54) is 24.3 Å². The molecule has 2 aromatic rings. The number of phenolic OH excluding ortho intramolecular Hbond substituents is 1. The van der Waals surface area contributed by atoms with Crippen molar-refractivity contribution in [3.05, 3.63) is 59.7 Å². The van der Waals surface area contributed by atoms with Crippen molar-refractivity contribution in [1.82, 2.24) is 0 Å². The lowest BCUT2D eigenvalue weighted by molar-refractivity contribution is 0.103. The lowest BCUT2D eigenvalue weighted by atomic mass is 10.0. The number of rotatable bonds is 3. The number of hydrogen-bond acceptors (Lipinski definition) is 4. The Balaban J connectivity index is 2.65. The third-order valence-corrected chi connectivity index (χ3v) is 3.48. The Bertz CT molecular complexity index is 720. The quantitative estimate of drug-likeness (QED) is 0.660. The molecule has 0 amide bonds. The molecule has 0 unspecified atom stereocenters. The number of benzene rings is 2. The lowest BCUT2D eigenvalue weighted by Crippen LogP contribution is -2.09. The van der Waals surface area contributed by atoms with Gasteiger partial charge in [-0.25, -0.2) is 0 Å². The Morgan fingerprint density at radius 3 is 2.16 bits per heavy atom. The van der Waals surface area contributed by atoms with Gasteiger partial charge in [0.15, 0.2) is 5.78 Å². The minimum atomic E-state index is -4.69. The number of ketones is 1. The van der Waals surface area contributed by atoms with E-state index < -0.39 is 26.5 Å². The number of phenols is 1. The van der Waals surface area contributed by atoms with E-state index in [9.17, 15) is 18.3 Å². The highest BCUT2D eigenvalue weighted by atomic mass is 32.2. The fraction of sp³-hybridized carbons (Fsp3) is 0. The maximum absolute atomic E-state index is 12.2. The molecule has 0 aliphatic rings. The van der Waals surface area contributed by atoms with Crippen LogP contribution in [0.25, 0.3) is 0 Å². The summed E-state index contributed by atoms with van der Waals surface area (Å²) in [4.78, 5) is 11.4. The highest BCUT2D eigenvalue weighted by Gasteiger charge is 2.24. The molecule has 98 valence electrons. The highest BCUT2D eigenvalue weighted by molar-refractivity contribution is 7.86. The van der Waals surface area contributed by atoms with Crippen LogP contribution in [0.3, 0.4) is 0 Å². The molecule has 19 heavy (non-hydrogen) atoms. The van der Waals surface area contributed by atoms with Gasteiger partial charge in [-0.15, -0.1) is 0 Å². The number of carbonyl (C=O) groups excluding carboxylic acids is 1. The molecule has 2 aromatic carbocycles. The van der Waals surface area contributed by atoms with E-state index in [0.29, 0.717) is 0 Å². The van der Waals surface area contributed by atoms with Crippen LogP contribution in [0.5, 0.6) is 5.75 Å². The first-order chi connectivity index (χ1) is 8.91. The molecule has 0 aromatic heterocycles. The molecule has 6 heteroatoms. The normalized spacial score (nSPS) is 11.2. The minimum absolute atomic E-state index is 0.262. The summed E-state index contributed by atoms with van der Waals surface area (Å²) in [6.45, 7) is 0.